The van der Waals surface area contributed by atoms with Crippen LogP contribution in [0.15, 0.2) is 53.4 Å². The van der Waals surface area contributed by atoms with E-state index in [9.17, 15) is 23.4 Å². The highest BCUT2D eigenvalue weighted by Gasteiger charge is 2.44. The fourth-order valence-electron chi connectivity index (χ4n) is 5.74. The van der Waals surface area contributed by atoms with E-state index in [0.717, 1.165) is 12.0 Å². The lowest BCUT2D eigenvalue weighted by Crippen LogP contribution is -2.51. The van der Waals surface area contributed by atoms with Crippen LogP contribution in [0.3, 0.4) is 0 Å². The van der Waals surface area contributed by atoms with Gasteiger partial charge in [0, 0.05) is 19.5 Å². The number of sulfonamides is 1. The molecule has 0 bridgehead atoms. The molecule has 3 aliphatic rings. The number of carbonyl (C=O) groups is 1. The van der Waals surface area contributed by atoms with Crippen LogP contribution in [-0.4, -0.2) is 92.6 Å². The summed E-state index contributed by atoms with van der Waals surface area (Å²) in [5, 5.41) is 23.7. The molecular weight excluding hydrogens is 564 g/mol. The van der Waals surface area contributed by atoms with E-state index in [0.29, 0.717) is 24.3 Å². The van der Waals surface area contributed by atoms with Crippen LogP contribution in [-0.2, 0) is 37.1 Å². The molecule has 6 atom stereocenters. The van der Waals surface area contributed by atoms with Crippen molar-refractivity contribution in [2.45, 2.75) is 68.6 Å². The lowest BCUT2D eigenvalue weighted by atomic mass is 10.0. The predicted molar refractivity (Wildman–Crippen MR) is 152 cm³/mol. The quantitative estimate of drug-likeness (QED) is 0.332. The maximum atomic E-state index is 13.9. The molecule has 3 heterocycles. The largest absolute Gasteiger partial charge is 0.487 e. The van der Waals surface area contributed by atoms with Crippen LogP contribution >= 0.6 is 0 Å². The van der Waals surface area contributed by atoms with E-state index in [1.54, 1.807) is 12.1 Å². The van der Waals surface area contributed by atoms with E-state index in [4.69, 9.17) is 18.9 Å². The second-order valence-electron chi connectivity index (χ2n) is 11.6. The van der Waals surface area contributed by atoms with Crippen molar-refractivity contribution in [3.05, 3.63) is 59.7 Å². The Labute approximate surface area is 246 Å². The van der Waals surface area contributed by atoms with Crippen LogP contribution in [0.5, 0.6) is 5.75 Å². The Kier molecular flexibility index (Phi) is 9.70. The van der Waals surface area contributed by atoms with Crippen LogP contribution in [0.2, 0.25) is 0 Å². The molecule has 230 valence electrons. The first-order valence-electron chi connectivity index (χ1n) is 14.5. The normalized spacial score (nSPS) is 24.7. The van der Waals surface area contributed by atoms with Crippen molar-refractivity contribution in [3.63, 3.8) is 0 Å². The third kappa shape index (κ3) is 7.07. The van der Waals surface area contributed by atoms with E-state index in [1.165, 1.54) is 10.4 Å². The number of benzene rings is 2. The smallest absolute Gasteiger partial charge is 0.407 e. The molecule has 0 spiro atoms. The van der Waals surface area contributed by atoms with Gasteiger partial charge in [0.05, 0.1) is 42.8 Å². The Balaban J connectivity index is 1.33. The topological polar surface area (TPSA) is 144 Å². The number of alkyl carbamates (subject to hydrolysis) is 1. The summed E-state index contributed by atoms with van der Waals surface area (Å²) in [7, 11) is -4.02. The molecule has 2 aromatic rings. The van der Waals surface area contributed by atoms with Gasteiger partial charge >= 0.3 is 6.09 Å². The number of ether oxygens (including phenoxy) is 4. The lowest BCUT2D eigenvalue weighted by Gasteiger charge is -2.31. The summed E-state index contributed by atoms with van der Waals surface area (Å²) in [6.07, 6.45) is -1.77. The van der Waals surface area contributed by atoms with Crippen LogP contribution in [0, 0.1) is 11.8 Å². The number of hydrogen-bond donors (Lipinski definition) is 3. The zero-order valence-electron chi connectivity index (χ0n) is 23.9. The van der Waals surface area contributed by atoms with Crippen molar-refractivity contribution < 1.29 is 42.4 Å². The van der Waals surface area contributed by atoms with Crippen molar-refractivity contribution in [2.75, 3.05) is 32.9 Å². The predicted octanol–water partition coefficient (Wildman–Crippen LogP) is 2.09. The average Bonchev–Trinajstić information content (AvgIpc) is 3.69. The molecule has 1 amide bonds. The summed E-state index contributed by atoms with van der Waals surface area (Å²) in [5.74, 6) is 0.487. The lowest BCUT2D eigenvalue weighted by molar-refractivity contribution is -0.0907. The van der Waals surface area contributed by atoms with E-state index in [1.807, 2.05) is 44.2 Å². The summed E-state index contributed by atoms with van der Waals surface area (Å²) in [6, 6.07) is 13.2. The highest BCUT2D eigenvalue weighted by molar-refractivity contribution is 7.89. The maximum Gasteiger partial charge on any atom is 0.407 e. The van der Waals surface area contributed by atoms with E-state index in [-0.39, 0.29) is 55.7 Å². The van der Waals surface area contributed by atoms with Crippen molar-refractivity contribution in [1.29, 1.82) is 0 Å². The summed E-state index contributed by atoms with van der Waals surface area (Å²) >= 11 is 0. The second-order valence-corrected chi connectivity index (χ2v) is 13.5. The minimum Gasteiger partial charge on any atom is -0.487 e. The number of hydrogen-bond acceptors (Lipinski definition) is 9. The van der Waals surface area contributed by atoms with Crippen molar-refractivity contribution in [1.82, 2.24) is 9.62 Å². The SMILES string of the molecule is CC(C)CN(C[C@@H](O)[C@H](Cc1ccccc1)NC(=O)OC1CO[C@H]2OCCC12)S(=O)(=O)c1ccc2c(c1)CC(CO)O2. The molecule has 3 N–H and O–H groups in total. The zero-order chi connectivity index (χ0) is 29.9. The fraction of sp³-hybridized carbons (Fsp3) is 0.567. The van der Waals surface area contributed by atoms with Gasteiger partial charge in [0.15, 0.2) is 6.29 Å². The number of rotatable bonds is 12. The first kappa shape index (κ1) is 30.7. The molecule has 11 nitrogen and oxygen atoms in total. The fourth-order valence-corrected chi connectivity index (χ4v) is 7.42. The molecule has 12 heteroatoms. The molecule has 0 aromatic heterocycles. The molecule has 0 saturated carbocycles. The van der Waals surface area contributed by atoms with Gasteiger partial charge in [-0.05, 0) is 48.1 Å². The molecule has 0 aliphatic carbocycles. The molecule has 3 aliphatic heterocycles. The van der Waals surface area contributed by atoms with Gasteiger partial charge in [-0.25, -0.2) is 13.2 Å². The van der Waals surface area contributed by atoms with Crippen LogP contribution in [0.4, 0.5) is 4.79 Å². The Bertz CT molecular complexity index is 1320. The first-order valence-corrected chi connectivity index (χ1v) is 15.9. The Morgan fingerprint density at radius 2 is 1.93 bits per heavy atom. The molecule has 3 unspecified atom stereocenters. The number of fused-ring (bicyclic) bond motifs is 2. The van der Waals surface area contributed by atoms with Crippen molar-refractivity contribution in [3.8, 4) is 5.75 Å². The highest BCUT2D eigenvalue weighted by Crippen LogP contribution is 2.34. The van der Waals surface area contributed by atoms with Crippen molar-refractivity contribution >= 4 is 16.1 Å². The van der Waals surface area contributed by atoms with Crippen LogP contribution in [0.1, 0.15) is 31.4 Å². The molecular formula is C30H40N2O9S. The van der Waals surface area contributed by atoms with Gasteiger partial charge < -0.3 is 34.5 Å². The maximum absolute atomic E-state index is 13.9. The molecule has 42 heavy (non-hydrogen) atoms. The van der Waals surface area contributed by atoms with Gasteiger partial charge in [-0.1, -0.05) is 44.2 Å². The van der Waals surface area contributed by atoms with Gasteiger partial charge in [0.2, 0.25) is 10.0 Å². The number of nitrogens with one attached hydrogen (secondary N) is 1. The van der Waals surface area contributed by atoms with Gasteiger partial charge in [0.25, 0.3) is 0 Å². The molecule has 0 radical (unpaired) electrons. The average molecular weight is 605 g/mol. The van der Waals surface area contributed by atoms with Crippen LogP contribution < -0.4 is 10.1 Å². The first-order chi connectivity index (χ1) is 20.1. The number of carbonyl (C=O) groups excluding carboxylic acids is 1. The second kappa shape index (κ2) is 13.3. The number of aliphatic hydroxyl groups excluding tert-OH is 2. The third-order valence-corrected chi connectivity index (χ3v) is 9.71. The van der Waals surface area contributed by atoms with E-state index < -0.39 is 40.5 Å². The molecule has 2 aromatic carbocycles. The van der Waals surface area contributed by atoms with Gasteiger partial charge in [0.1, 0.15) is 18.0 Å². The van der Waals surface area contributed by atoms with E-state index >= 15 is 0 Å². The summed E-state index contributed by atoms with van der Waals surface area (Å²) < 4.78 is 51.4. The molecule has 2 saturated heterocycles. The zero-order valence-corrected chi connectivity index (χ0v) is 24.7. The Morgan fingerprint density at radius 3 is 2.67 bits per heavy atom. The van der Waals surface area contributed by atoms with Crippen molar-refractivity contribution in [2.24, 2.45) is 11.8 Å². The molecule has 2 fully saturated rings. The van der Waals surface area contributed by atoms with Gasteiger partial charge in [-0.2, -0.15) is 4.31 Å². The monoisotopic (exact) mass is 604 g/mol. The number of nitrogens with zero attached hydrogens (tertiary/aromatic N) is 1. The van der Waals surface area contributed by atoms with Gasteiger partial charge in [-0.15, -0.1) is 0 Å². The minimum atomic E-state index is -4.02. The summed E-state index contributed by atoms with van der Waals surface area (Å²) in [4.78, 5) is 13.1. The summed E-state index contributed by atoms with van der Waals surface area (Å²) in [6.45, 7) is 4.35. The number of amides is 1. The minimum absolute atomic E-state index is 0.0297. The third-order valence-electron chi connectivity index (χ3n) is 7.88. The molecule has 5 rings (SSSR count). The van der Waals surface area contributed by atoms with Gasteiger partial charge in [-0.3, -0.25) is 0 Å². The van der Waals surface area contributed by atoms with Crippen LogP contribution in [0.25, 0.3) is 0 Å². The number of aliphatic hydroxyl groups is 2. The van der Waals surface area contributed by atoms with E-state index in [2.05, 4.69) is 5.32 Å². The summed E-state index contributed by atoms with van der Waals surface area (Å²) in [5.41, 5.74) is 1.57. The highest BCUT2D eigenvalue weighted by atomic mass is 32.2. The Morgan fingerprint density at radius 1 is 1.14 bits per heavy atom. The Hall–Kier alpha value is -2.74. The standard InChI is InChI=1S/C30H40N2O9S/c1-19(2)15-32(42(36,37)23-8-9-27-21(14-23)13-22(17-33)40-27)16-26(34)25(12-20-6-4-3-5-7-20)31-30(35)41-28-18-39-29-24(28)10-11-38-29/h3-9,14,19,22,24-26,28-29,33-34H,10-13,15-18H2,1-2H3,(H,31,35)/t22?,24?,25-,26+,28?,29+/m0/s1.